The summed E-state index contributed by atoms with van der Waals surface area (Å²) in [5, 5.41) is 0. The van der Waals surface area contributed by atoms with E-state index in [-0.39, 0.29) is 5.91 Å². The topological polar surface area (TPSA) is 35.9 Å². The Labute approximate surface area is 213 Å². The minimum atomic E-state index is 0.102. The van der Waals surface area contributed by atoms with Crippen LogP contribution in [-0.4, -0.2) is 42.7 Å². The van der Waals surface area contributed by atoms with Crippen molar-refractivity contribution in [2.75, 3.05) is 31.1 Å². The number of benzene rings is 3. The van der Waals surface area contributed by atoms with Crippen molar-refractivity contribution >= 4 is 34.8 Å². The highest BCUT2D eigenvalue weighted by Crippen LogP contribution is 2.41. The van der Waals surface area contributed by atoms with E-state index in [1.807, 2.05) is 17.0 Å². The number of piperazine rings is 1. The number of rotatable bonds is 5. The minimum Gasteiger partial charge on any atom is -0.368 e. The molecule has 5 rings (SSSR count). The van der Waals surface area contributed by atoms with Crippen molar-refractivity contribution in [2.24, 2.45) is 4.99 Å². The molecule has 5 heteroatoms. The van der Waals surface area contributed by atoms with Gasteiger partial charge in [-0.15, -0.1) is 0 Å². The average molecular weight is 484 g/mol. The molecule has 4 nitrogen and oxygen atoms in total. The number of fused-ring (bicyclic) bond motifs is 2. The number of amides is 1. The molecule has 2 aliphatic rings. The Hall–Kier alpha value is -3.05. The first kappa shape index (κ1) is 23.7. The predicted octanol–water partition coefficient (Wildman–Crippen LogP) is 7.04. The Morgan fingerprint density at radius 3 is 2.51 bits per heavy atom. The number of carbonyl (C=O) groups excluding carboxylic acids is 1. The van der Waals surface area contributed by atoms with Crippen LogP contribution < -0.4 is 4.90 Å². The van der Waals surface area contributed by atoms with Crippen LogP contribution in [0.25, 0.3) is 0 Å². The maximum absolute atomic E-state index is 13.5. The van der Waals surface area contributed by atoms with E-state index in [0.717, 1.165) is 67.3 Å². The highest BCUT2D eigenvalue weighted by atomic mass is 32.2. The average Bonchev–Trinajstić information content (AvgIpc) is 3.03. The Morgan fingerprint density at radius 2 is 1.74 bits per heavy atom. The molecule has 3 aromatic carbocycles. The Balaban J connectivity index is 1.35. The number of aryl methyl sites for hydroxylation is 2. The van der Waals surface area contributed by atoms with Crippen LogP contribution in [0.3, 0.4) is 0 Å². The number of hydrogen-bond donors (Lipinski definition) is 0. The van der Waals surface area contributed by atoms with Gasteiger partial charge < -0.3 is 9.80 Å². The van der Waals surface area contributed by atoms with Gasteiger partial charge in [-0.1, -0.05) is 61.0 Å². The fraction of sp³-hybridized carbons (Fsp3) is 0.333. The van der Waals surface area contributed by atoms with Gasteiger partial charge in [-0.25, -0.2) is 0 Å². The molecule has 0 unspecified atom stereocenters. The first-order valence-electron chi connectivity index (χ1n) is 12.6. The highest BCUT2D eigenvalue weighted by molar-refractivity contribution is 7.99. The summed E-state index contributed by atoms with van der Waals surface area (Å²) in [6.45, 7) is 9.67. The lowest BCUT2D eigenvalue weighted by molar-refractivity contribution is 0.0746. The van der Waals surface area contributed by atoms with Crippen molar-refractivity contribution in [1.82, 2.24) is 4.90 Å². The fourth-order valence-electron chi connectivity index (χ4n) is 4.97. The Kier molecular flexibility index (Phi) is 6.96. The van der Waals surface area contributed by atoms with Gasteiger partial charge in [-0.2, -0.15) is 0 Å². The van der Waals surface area contributed by atoms with Crippen LogP contribution in [0.4, 0.5) is 11.4 Å². The van der Waals surface area contributed by atoms with Gasteiger partial charge in [0, 0.05) is 58.5 Å². The van der Waals surface area contributed by atoms with Crippen molar-refractivity contribution in [2.45, 2.75) is 49.8 Å². The summed E-state index contributed by atoms with van der Waals surface area (Å²) >= 11 is 1.75. The molecule has 0 radical (unpaired) electrons. The second-order valence-corrected chi connectivity index (χ2v) is 10.6. The van der Waals surface area contributed by atoms with Crippen molar-refractivity contribution in [1.29, 1.82) is 0 Å². The van der Waals surface area contributed by atoms with E-state index in [1.165, 1.54) is 27.3 Å². The molecule has 35 heavy (non-hydrogen) atoms. The molecule has 1 fully saturated rings. The fourth-order valence-corrected chi connectivity index (χ4v) is 5.99. The smallest absolute Gasteiger partial charge is 0.254 e. The van der Waals surface area contributed by atoms with Gasteiger partial charge in [0.15, 0.2) is 0 Å². The van der Waals surface area contributed by atoms with Crippen LogP contribution >= 0.6 is 11.8 Å². The number of unbranched alkanes of at least 4 members (excludes halogenated alkanes) is 1. The third-order valence-corrected chi connectivity index (χ3v) is 8.05. The number of carbonyl (C=O) groups is 1. The maximum atomic E-state index is 13.5. The molecule has 2 heterocycles. The molecule has 0 aromatic heterocycles. The van der Waals surface area contributed by atoms with E-state index in [4.69, 9.17) is 4.99 Å². The lowest BCUT2D eigenvalue weighted by atomic mass is 10.0. The summed E-state index contributed by atoms with van der Waals surface area (Å²) < 4.78 is 0. The van der Waals surface area contributed by atoms with Gasteiger partial charge in [0.1, 0.15) is 0 Å². The first-order valence-corrected chi connectivity index (χ1v) is 13.5. The zero-order chi connectivity index (χ0) is 24.4. The van der Waals surface area contributed by atoms with Crippen LogP contribution in [-0.2, 0) is 0 Å². The van der Waals surface area contributed by atoms with Gasteiger partial charge in [0.25, 0.3) is 5.91 Å². The van der Waals surface area contributed by atoms with E-state index >= 15 is 0 Å². The molecular weight excluding hydrogens is 450 g/mol. The van der Waals surface area contributed by atoms with Crippen LogP contribution in [0.15, 0.2) is 75.4 Å². The number of hydrogen-bond acceptors (Lipinski definition) is 4. The zero-order valence-corrected chi connectivity index (χ0v) is 21.7. The van der Waals surface area contributed by atoms with Gasteiger partial charge >= 0.3 is 0 Å². The minimum absolute atomic E-state index is 0.102. The van der Waals surface area contributed by atoms with Crippen LogP contribution in [0, 0.1) is 13.8 Å². The number of nitrogens with zero attached hydrogens (tertiary/aromatic N) is 3. The standard InChI is InChI=1S/C30H33N3OS/c1-4-5-9-25-24-8-6-7-10-28(24)35-29-14-12-23(20-26(29)31-25)30(34)33-17-15-32(16-18-33)27-13-11-21(2)19-22(27)3/h6-8,10-14,19-20H,4-5,9,15-18H2,1-3H3. The summed E-state index contributed by atoms with van der Waals surface area (Å²) in [5.74, 6) is 0.102. The lowest BCUT2D eigenvalue weighted by Gasteiger charge is -2.37. The van der Waals surface area contributed by atoms with E-state index in [9.17, 15) is 4.79 Å². The van der Waals surface area contributed by atoms with E-state index < -0.39 is 0 Å². The van der Waals surface area contributed by atoms with Crippen molar-refractivity contribution in [3.05, 3.63) is 82.9 Å². The van der Waals surface area contributed by atoms with Crippen molar-refractivity contribution in [3.63, 3.8) is 0 Å². The molecule has 0 aliphatic carbocycles. The molecule has 0 saturated carbocycles. The van der Waals surface area contributed by atoms with E-state index in [1.54, 1.807) is 11.8 Å². The van der Waals surface area contributed by atoms with Crippen LogP contribution in [0.2, 0.25) is 0 Å². The normalized spacial score (nSPS) is 15.2. The lowest BCUT2D eigenvalue weighted by Crippen LogP contribution is -2.49. The molecule has 0 N–H and O–H groups in total. The first-order chi connectivity index (χ1) is 17.0. The maximum Gasteiger partial charge on any atom is 0.254 e. The van der Waals surface area contributed by atoms with Crippen LogP contribution in [0.5, 0.6) is 0 Å². The van der Waals surface area contributed by atoms with E-state index in [2.05, 4.69) is 74.2 Å². The Morgan fingerprint density at radius 1 is 0.943 bits per heavy atom. The molecule has 2 aliphatic heterocycles. The predicted molar refractivity (Wildman–Crippen MR) is 147 cm³/mol. The molecule has 0 atom stereocenters. The second-order valence-electron chi connectivity index (χ2n) is 9.51. The summed E-state index contributed by atoms with van der Waals surface area (Å²) in [5.41, 5.74) is 7.85. The van der Waals surface area contributed by atoms with Crippen LogP contribution in [0.1, 0.15) is 53.2 Å². The van der Waals surface area contributed by atoms with E-state index in [0.29, 0.717) is 0 Å². The third kappa shape index (κ3) is 5.01. The van der Waals surface area contributed by atoms with Gasteiger partial charge in [0.05, 0.1) is 5.69 Å². The summed E-state index contributed by atoms with van der Waals surface area (Å²) in [6.07, 6.45) is 3.19. The molecule has 0 spiro atoms. The zero-order valence-electron chi connectivity index (χ0n) is 20.9. The molecule has 1 saturated heterocycles. The Bertz CT molecular complexity index is 1270. The third-order valence-electron chi connectivity index (χ3n) is 6.91. The number of aliphatic imine (C=N–C) groups is 1. The molecule has 1 amide bonds. The van der Waals surface area contributed by atoms with Gasteiger partial charge in [-0.05, 0) is 62.6 Å². The second kappa shape index (κ2) is 10.3. The molecular formula is C30H33N3OS. The quantitative estimate of drug-likeness (QED) is 0.390. The molecule has 180 valence electrons. The molecule has 3 aromatic rings. The summed E-state index contributed by atoms with van der Waals surface area (Å²) in [4.78, 5) is 25.3. The molecule has 0 bridgehead atoms. The summed E-state index contributed by atoms with van der Waals surface area (Å²) in [7, 11) is 0. The van der Waals surface area contributed by atoms with Gasteiger partial charge in [0.2, 0.25) is 0 Å². The highest BCUT2D eigenvalue weighted by Gasteiger charge is 2.24. The largest absolute Gasteiger partial charge is 0.368 e. The van der Waals surface area contributed by atoms with Crippen molar-refractivity contribution in [3.8, 4) is 0 Å². The summed E-state index contributed by atoms with van der Waals surface area (Å²) in [6, 6.07) is 21.2. The SMILES string of the molecule is CCCCC1=Nc2cc(C(=O)N3CCN(c4ccc(C)cc4C)CC3)ccc2Sc2ccccc21. The number of anilines is 1. The van der Waals surface area contributed by atoms with Crippen molar-refractivity contribution < 1.29 is 4.79 Å². The van der Waals surface area contributed by atoms with Gasteiger partial charge in [-0.3, -0.25) is 9.79 Å². The monoisotopic (exact) mass is 483 g/mol.